The van der Waals surface area contributed by atoms with Gasteiger partial charge in [-0.3, -0.25) is 4.79 Å². The average molecular weight is 198 g/mol. The lowest BCUT2D eigenvalue weighted by Gasteiger charge is -2.19. The van der Waals surface area contributed by atoms with E-state index in [9.17, 15) is 9.90 Å². The number of hydrogen-bond donors (Lipinski definition) is 1. The monoisotopic (exact) mass is 198 g/mol. The molecule has 0 bridgehead atoms. The van der Waals surface area contributed by atoms with Crippen molar-refractivity contribution < 1.29 is 19.4 Å². The molecule has 1 N–H and O–H groups in total. The molecule has 1 fully saturated rings. The van der Waals surface area contributed by atoms with Gasteiger partial charge in [0, 0.05) is 6.42 Å². The molecule has 4 nitrogen and oxygen atoms in total. The Morgan fingerprint density at radius 1 is 1.57 bits per heavy atom. The van der Waals surface area contributed by atoms with Gasteiger partial charge in [0.05, 0.1) is 6.10 Å². The van der Waals surface area contributed by atoms with Gasteiger partial charge in [-0.15, -0.1) is 0 Å². The summed E-state index contributed by atoms with van der Waals surface area (Å²) in [5.74, 6) is -0.160. The first-order chi connectivity index (χ1) is 6.66. The molecule has 14 heavy (non-hydrogen) atoms. The summed E-state index contributed by atoms with van der Waals surface area (Å²) in [5.41, 5.74) is 0. The number of carbonyl (C=O) groups excluding carboxylic acids is 1. The van der Waals surface area contributed by atoms with E-state index < -0.39 is 6.10 Å². The standard InChI is InChI=1S/C10H14O4/c1-6(11)7-2-3-8(13-7)9-4-5-10(12)14-9/h2-3,6-9,11H,4-5H2,1H3/t6-,7+,8+,9-/m1/s1. The molecule has 0 spiro atoms. The van der Waals surface area contributed by atoms with Crippen LogP contribution in [0.15, 0.2) is 12.2 Å². The van der Waals surface area contributed by atoms with Gasteiger partial charge in [0.15, 0.2) is 0 Å². The Bertz CT molecular complexity index is 259. The quantitative estimate of drug-likeness (QED) is 0.515. The summed E-state index contributed by atoms with van der Waals surface area (Å²) in [6, 6.07) is 0. The zero-order valence-electron chi connectivity index (χ0n) is 8.05. The lowest BCUT2D eigenvalue weighted by molar-refractivity contribution is -0.146. The number of ether oxygens (including phenoxy) is 2. The van der Waals surface area contributed by atoms with E-state index in [4.69, 9.17) is 9.47 Å². The summed E-state index contributed by atoms with van der Waals surface area (Å²) in [6.45, 7) is 1.68. The molecule has 0 aliphatic carbocycles. The predicted molar refractivity (Wildman–Crippen MR) is 48.6 cm³/mol. The second-order valence-corrected chi connectivity index (χ2v) is 3.76. The molecule has 2 aliphatic rings. The minimum Gasteiger partial charge on any atom is -0.459 e. The van der Waals surface area contributed by atoms with E-state index in [2.05, 4.69) is 0 Å². The van der Waals surface area contributed by atoms with E-state index in [-0.39, 0.29) is 24.3 Å². The van der Waals surface area contributed by atoms with E-state index in [0.717, 1.165) is 0 Å². The van der Waals surface area contributed by atoms with Crippen LogP contribution in [0.2, 0.25) is 0 Å². The molecule has 2 heterocycles. The largest absolute Gasteiger partial charge is 0.459 e. The van der Waals surface area contributed by atoms with E-state index in [1.165, 1.54) is 0 Å². The van der Waals surface area contributed by atoms with Crippen molar-refractivity contribution >= 4 is 5.97 Å². The van der Waals surface area contributed by atoms with Gasteiger partial charge in [0.2, 0.25) is 0 Å². The molecule has 2 aliphatic heterocycles. The topological polar surface area (TPSA) is 55.8 Å². The van der Waals surface area contributed by atoms with E-state index in [1.807, 2.05) is 12.2 Å². The maximum atomic E-state index is 10.9. The Hall–Kier alpha value is -0.870. The third-order valence-corrected chi connectivity index (χ3v) is 2.56. The van der Waals surface area contributed by atoms with Gasteiger partial charge in [-0.1, -0.05) is 12.2 Å². The lowest BCUT2D eigenvalue weighted by atomic mass is 10.1. The number of carbonyl (C=O) groups is 1. The van der Waals surface area contributed by atoms with Crippen molar-refractivity contribution in [3.63, 3.8) is 0 Å². The second-order valence-electron chi connectivity index (χ2n) is 3.76. The normalized spacial score (nSPS) is 38.7. The third-order valence-electron chi connectivity index (χ3n) is 2.56. The van der Waals surface area contributed by atoms with Crippen LogP contribution < -0.4 is 0 Å². The van der Waals surface area contributed by atoms with Crippen LogP contribution in [0.4, 0.5) is 0 Å². The Balaban J connectivity index is 1.90. The first-order valence-corrected chi connectivity index (χ1v) is 4.88. The highest BCUT2D eigenvalue weighted by Gasteiger charge is 2.35. The Labute approximate surface area is 82.5 Å². The van der Waals surface area contributed by atoms with Crippen molar-refractivity contribution in [2.24, 2.45) is 0 Å². The summed E-state index contributed by atoms with van der Waals surface area (Å²) in [6.07, 6.45) is 3.73. The van der Waals surface area contributed by atoms with Crippen molar-refractivity contribution in [3.8, 4) is 0 Å². The highest BCUT2D eigenvalue weighted by Crippen LogP contribution is 2.25. The molecule has 4 atom stereocenters. The van der Waals surface area contributed by atoms with Gasteiger partial charge < -0.3 is 14.6 Å². The average Bonchev–Trinajstić information content (AvgIpc) is 2.70. The maximum Gasteiger partial charge on any atom is 0.306 e. The second kappa shape index (κ2) is 3.71. The van der Waals surface area contributed by atoms with Crippen molar-refractivity contribution in [1.29, 1.82) is 0 Å². The molecule has 4 heteroatoms. The maximum absolute atomic E-state index is 10.9. The van der Waals surface area contributed by atoms with Crippen molar-refractivity contribution in [2.45, 2.75) is 44.2 Å². The van der Waals surface area contributed by atoms with Crippen LogP contribution in [0.1, 0.15) is 19.8 Å². The van der Waals surface area contributed by atoms with E-state index in [1.54, 1.807) is 6.92 Å². The number of cyclic esters (lactones) is 1. The molecule has 2 rings (SSSR count). The summed E-state index contributed by atoms with van der Waals surface area (Å²) in [7, 11) is 0. The molecule has 0 aromatic carbocycles. The third kappa shape index (κ3) is 1.81. The molecule has 78 valence electrons. The number of aliphatic hydroxyl groups excluding tert-OH is 1. The first-order valence-electron chi connectivity index (χ1n) is 4.88. The van der Waals surface area contributed by atoms with Crippen LogP contribution >= 0.6 is 0 Å². The van der Waals surface area contributed by atoms with Gasteiger partial charge in [-0.2, -0.15) is 0 Å². The molecule has 0 aromatic rings. The van der Waals surface area contributed by atoms with Crippen LogP contribution in [0.3, 0.4) is 0 Å². The number of hydrogen-bond acceptors (Lipinski definition) is 4. The van der Waals surface area contributed by atoms with E-state index >= 15 is 0 Å². The molecular formula is C10H14O4. The Morgan fingerprint density at radius 3 is 2.86 bits per heavy atom. The molecule has 0 amide bonds. The minimum absolute atomic E-state index is 0.160. The fraction of sp³-hybridized carbons (Fsp3) is 0.700. The summed E-state index contributed by atoms with van der Waals surface area (Å²) < 4.78 is 10.6. The van der Waals surface area contributed by atoms with E-state index in [0.29, 0.717) is 12.8 Å². The zero-order valence-corrected chi connectivity index (χ0v) is 8.05. The molecule has 0 unspecified atom stereocenters. The van der Waals surface area contributed by atoms with Crippen LogP contribution in [0, 0.1) is 0 Å². The van der Waals surface area contributed by atoms with Gasteiger partial charge >= 0.3 is 5.97 Å². The summed E-state index contributed by atoms with van der Waals surface area (Å²) in [4.78, 5) is 10.9. The number of aliphatic hydroxyl groups is 1. The van der Waals surface area contributed by atoms with Crippen molar-refractivity contribution in [2.75, 3.05) is 0 Å². The van der Waals surface area contributed by atoms with Crippen LogP contribution in [0.25, 0.3) is 0 Å². The predicted octanol–water partition coefficient (Wildman–Crippen LogP) is 0.396. The van der Waals surface area contributed by atoms with Crippen LogP contribution in [-0.4, -0.2) is 35.5 Å². The fourth-order valence-electron chi connectivity index (χ4n) is 1.76. The number of esters is 1. The smallest absolute Gasteiger partial charge is 0.306 e. The van der Waals surface area contributed by atoms with Gasteiger partial charge in [-0.25, -0.2) is 0 Å². The van der Waals surface area contributed by atoms with Crippen molar-refractivity contribution in [3.05, 3.63) is 12.2 Å². The minimum atomic E-state index is -0.520. The molecule has 0 radical (unpaired) electrons. The van der Waals surface area contributed by atoms with Crippen LogP contribution in [0.5, 0.6) is 0 Å². The fourth-order valence-corrected chi connectivity index (χ4v) is 1.76. The number of rotatable bonds is 2. The van der Waals surface area contributed by atoms with Gasteiger partial charge in [0.25, 0.3) is 0 Å². The summed E-state index contributed by atoms with van der Waals surface area (Å²) >= 11 is 0. The Morgan fingerprint density at radius 2 is 2.36 bits per heavy atom. The molecular weight excluding hydrogens is 184 g/mol. The molecule has 1 saturated heterocycles. The van der Waals surface area contributed by atoms with Crippen molar-refractivity contribution in [1.82, 2.24) is 0 Å². The SMILES string of the molecule is C[C@@H](O)[C@@H]1C=C[C@@H]([C@H]2CCC(=O)O2)O1. The first kappa shape index (κ1) is 9.68. The zero-order chi connectivity index (χ0) is 10.1. The highest BCUT2D eigenvalue weighted by molar-refractivity contribution is 5.71. The molecule has 0 saturated carbocycles. The van der Waals surface area contributed by atoms with Gasteiger partial charge in [0.1, 0.15) is 18.3 Å². The molecule has 0 aromatic heterocycles. The van der Waals surface area contributed by atoms with Crippen LogP contribution in [-0.2, 0) is 14.3 Å². The van der Waals surface area contributed by atoms with Gasteiger partial charge in [-0.05, 0) is 13.3 Å². The Kier molecular flexibility index (Phi) is 2.56. The lowest BCUT2D eigenvalue weighted by Crippen LogP contribution is -2.30. The summed E-state index contributed by atoms with van der Waals surface area (Å²) in [5, 5.41) is 9.28. The highest BCUT2D eigenvalue weighted by atomic mass is 16.6.